The van der Waals surface area contributed by atoms with Crippen LogP contribution in [0.3, 0.4) is 0 Å². The topological polar surface area (TPSA) is 94.1 Å². The van der Waals surface area contributed by atoms with E-state index in [1.54, 1.807) is 7.11 Å². The molecule has 9 heteroatoms. The molecule has 0 atom stereocenters. The lowest BCUT2D eigenvalue weighted by Crippen LogP contribution is -2.35. The zero-order valence-corrected chi connectivity index (χ0v) is 15.8. The van der Waals surface area contributed by atoms with E-state index in [1.807, 2.05) is 24.3 Å². The van der Waals surface area contributed by atoms with Crippen LogP contribution in [-0.2, 0) is 13.1 Å². The summed E-state index contributed by atoms with van der Waals surface area (Å²) < 4.78 is 13.1. The maximum Gasteiger partial charge on any atom is 0.324 e. The highest BCUT2D eigenvalue weighted by Crippen LogP contribution is 2.31. The van der Waals surface area contributed by atoms with Crippen LogP contribution in [0, 0.1) is 0 Å². The molecule has 0 spiro atoms. The number of fused-ring (bicyclic) bond motifs is 1. The lowest BCUT2D eigenvalue weighted by molar-refractivity contribution is 0.385. The van der Waals surface area contributed by atoms with Crippen LogP contribution < -0.4 is 15.0 Å². The van der Waals surface area contributed by atoms with E-state index in [9.17, 15) is 0 Å². The van der Waals surface area contributed by atoms with Crippen LogP contribution in [0.5, 0.6) is 5.75 Å². The van der Waals surface area contributed by atoms with E-state index in [2.05, 4.69) is 35.1 Å². The summed E-state index contributed by atoms with van der Waals surface area (Å²) in [5.41, 5.74) is 0.882. The number of piperidine rings is 1. The molecule has 2 aromatic heterocycles. The third-order valence-corrected chi connectivity index (χ3v) is 5.53. The molecular weight excluding hydrogens is 358 g/mol. The molecule has 9 nitrogen and oxygen atoms in total. The molecule has 1 fully saturated rings. The third-order valence-electron chi connectivity index (χ3n) is 5.53. The second kappa shape index (κ2) is 7.23. The molecule has 4 heterocycles. The fraction of sp³-hybridized carbons (Fsp3) is 0.474. The van der Waals surface area contributed by atoms with Gasteiger partial charge in [0.05, 0.1) is 13.7 Å². The van der Waals surface area contributed by atoms with Gasteiger partial charge in [-0.05, 0) is 25.0 Å². The Labute approximate surface area is 162 Å². The van der Waals surface area contributed by atoms with Crippen LogP contribution >= 0.6 is 0 Å². The molecule has 2 aliphatic rings. The van der Waals surface area contributed by atoms with Gasteiger partial charge in [-0.3, -0.25) is 0 Å². The second-order valence-electron chi connectivity index (χ2n) is 7.20. The molecule has 146 valence electrons. The van der Waals surface area contributed by atoms with Gasteiger partial charge < -0.3 is 24.0 Å². The van der Waals surface area contributed by atoms with Gasteiger partial charge in [-0.2, -0.15) is 4.98 Å². The summed E-state index contributed by atoms with van der Waals surface area (Å²) in [6.07, 6.45) is 2.00. The summed E-state index contributed by atoms with van der Waals surface area (Å²) in [4.78, 5) is 6.74. The van der Waals surface area contributed by atoms with Crippen molar-refractivity contribution in [2.75, 3.05) is 31.6 Å². The fourth-order valence-electron chi connectivity index (χ4n) is 3.97. The van der Waals surface area contributed by atoms with Gasteiger partial charge in [0.25, 0.3) is 0 Å². The number of rotatable bonds is 4. The Morgan fingerprint density at radius 3 is 2.93 bits per heavy atom. The first-order valence-corrected chi connectivity index (χ1v) is 9.67. The third kappa shape index (κ3) is 3.11. The quantitative estimate of drug-likeness (QED) is 0.731. The first-order valence-electron chi connectivity index (χ1n) is 9.67. The summed E-state index contributed by atoms with van der Waals surface area (Å²) in [6, 6.07) is 8.25. The lowest BCUT2D eigenvalue weighted by Gasteiger charge is -2.30. The van der Waals surface area contributed by atoms with Crippen LogP contribution in [0.15, 0.2) is 28.8 Å². The Hall–Kier alpha value is -2.94. The Kier molecular flexibility index (Phi) is 4.44. The molecular formula is C19H23N7O2. The normalized spacial score (nSPS) is 17.5. The average molecular weight is 381 g/mol. The van der Waals surface area contributed by atoms with Gasteiger partial charge >= 0.3 is 6.01 Å². The second-order valence-corrected chi connectivity index (χ2v) is 7.20. The van der Waals surface area contributed by atoms with Gasteiger partial charge in [-0.15, -0.1) is 10.2 Å². The van der Waals surface area contributed by atoms with Crippen molar-refractivity contribution in [3.05, 3.63) is 35.9 Å². The van der Waals surface area contributed by atoms with Gasteiger partial charge in [0.2, 0.25) is 5.82 Å². The summed E-state index contributed by atoms with van der Waals surface area (Å²) in [5, 5.41) is 16.3. The minimum Gasteiger partial charge on any atom is -0.497 e. The van der Waals surface area contributed by atoms with Crippen molar-refractivity contribution in [2.45, 2.75) is 31.8 Å². The smallest absolute Gasteiger partial charge is 0.324 e. The van der Waals surface area contributed by atoms with Crippen LogP contribution in [0.4, 0.5) is 6.01 Å². The van der Waals surface area contributed by atoms with Gasteiger partial charge in [0.15, 0.2) is 0 Å². The Morgan fingerprint density at radius 1 is 1.18 bits per heavy atom. The Balaban J connectivity index is 1.27. The van der Waals surface area contributed by atoms with Gasteiger partial charge in [0, 0.05) is 37.7 Å². The van der Waals surface area contributed by atoms with Crippen LogP contribution in [0.25, 0.3) is 11.4 Å². The van der Waals surface area contributed by atoms with Crippen molar-refractivity contribution in [3.8, 4) is 17.1 Å². The predicted octanol–water partition coefficient (Wildman–Crippen LogP) is 1.82. The summed E-state index contributed by atoms with van der Waals surface area (Å²) in [7, 11) is 1.65. The van der Waals surface area contributed by atoms with E-state index < -0.39 is 0 Å². The van der Waals surface area contributed by atoms with E-state index in [0.717, 1.165) is 68.5 Å². The number of anilines is 1. The molecule has 0 saturated carbocycles. The summed E-state index contributed by atoms with van der Waals surface area (Å²) in [6.45, 7) is 4.47. The largest absolute Gasteiger partial charge is 0.497 e. The molecule has 3 aromatic rings. The van der Waals surface area contributed by atoms with E-state index in [-0.39, 0.29) is 0 Å². The molecule has 1 aromatic carbocycles. The molecule has 1 saturated heterocycles. The van der Waals surface area contributed by atoms with Crippen LogP contribution in [-0.4, -0.2) is 51.6 Å². The molecule has 0 bridgehead atoms. The first-order chi connectivity index (χ1) is 13.8. The molecule has 28 heavy (non-hydrogen) atoms. The van der Waals surface area contributed by atoms with Crippen molar-refractivity contribution in [2.24, 2.45) is 0 Å². The number of hydrogen-bond acceptors (Lipinski definition) is 8. The molecule has 0 unspecified atom stereocenters. The SMILES string of the molecule is COc1cccc(-c2noc(N3CCC(c4nnc5n4CCNC5)CC3)n2)c1. The number of benzene rings is 1. The number of aromatic nitrogens is 5. The summed E-state index contributed by atoms with van der Waals surface area (Å²) in [5.74, 6) is 3.95. The number of ether oxygens (including phenoxy) is 1. The van der Waals surface area contributed by atoms with Gasteiger partial charge in [-0.25, -0.2) is 0 Å². The van der Waals surface area contributed by atoms with E-state index in [1.165, 1.54) is 0 Å². The maximum absolute atomic E-state index is 5.53. The molecule has 2 aliphatic heterocycles. The van der Waals surface area contributed by atoms with Crippen molar-refractivity contribution in [3.63, 3.8) is 0 Å². The maximum atomic E-state index is 5.53. The van der Waals surface area contributed by atoms with E-state index in [0.29, 0.717) is 17.8 Å². The van der Waals surface area contributed by atoms with E-state index in [4.69, 9.17) is 9.26 Å². The minimum atomic E-state index is 0.427. The highest BCUT2D eigenvalue weighted by atomic mass is 16.5. The number of hydrogen-bond donors (Lipinski definition) is 1. The molecule has 0 radical (unpaired) electrons. The lowest BCUT2D eigenvalue weighted by atomic mass is 9.96. The van der Waals surface area contributed by atoms with Gasteiger partial charge in [-0.1, -0.05) is 17.3 Å². The Bertz CT molecular complexity index is 959. The summed E-state index contributed by atoms with van der Waals surface area (Å²) >= 11 is 0. The first kappa shape index (κ1) is 17.2. The number of methoxy groups -OCH3 is 1. The monoisotopic (exact) mass is 381 g/mol. The van der Waals surface area contributed by atoms with Crippen LogP contribution in [0.1, 0.15) is 30.4 Å². The fourth-order valence-corrected chi connectivity index (χ4v) is 3.97. The standard InChI is InChI=1S/C19H23N7O2/c1-27-15-4-2-3-14(11-15)17-21-19(28-24-17)25-8-5-13(6-9-25)18-23-22-16-12-20-7-10-26(16)18/h2-4,11,13,20H,5-10,12H2,1H3. The molecule has 0 amide bonds. The number of nitrogens with one attached hydrogen (secondary N) is 1. The van der Waals surface area contributed by atoms with Crippen LogP contribution in [0.2, 0.25) is 0 Å². The molecule has 1 N–H and O–H groups in total. The highest BCUT2D eigenvalue weighted by Gasteiger charge is 2.29. The van der Waals surface area contributed by atoms with Crippen molar-refractivity contribution < 1.29 is 9.26 Å². The van der Waals surface area contributed by atoms with E-state index >= 15 is 0 Å². The minimum absolute atomic E-state index is 0.427. The molecule has 5 rings (SSSR count). The van der Waals surface area contributed by atoms with Crippen molar-refractivity contribution in [1.29, 1.82) is 0 Å². The van der Waals surface area contributed by atoms with Gasteiger partial charge in [0.1, 0.15) is 17.4 Å². The molecule has 0 aliphatic carbocycles. The van der Waals surface area contributed by atoms with Crippen molar-refractivity contribution in [1.82, 2.24) is 30.2 Å². The van der Waals surface area contributed by atoms with Crippen molar-refractivity contribution >= 4 is 6.01 Å². The number of nitrogens with zero attached hydrogens (tertiary/aromatic N) is 6. The highest BCUT2D eigenvalue weighted by molar-refractivity contribution is 5.58. The zero-order chi connectivity index (χ0) is 18.9. The Morgan fingerprint density at radius 2 is 2.07 bits per heavy atom. The zero-order valence-electron chi connectivity index (χ0n) is 15.8. The predicted molar refractivity (Wildman–Crippen MR) is 102 cm³/mol. The average Bonchev–Trinajstić information content (AvgIpc) is 3.42.